The molecule has 0 saturated heterocycles. The summed E-state index contributed by atoms with van der Waals surface area (Å²) < 4.78 is 37.5. The van der Waals surface area contributed by atoms with Crippen LogP contribution in [0.15, 0.2) is 29.2 Å². The lowest BCUT2D eigenvalue weighted by Crippen LogP contribution is -2.43. The van der Waals surface area contributed by atoms with E-state index >= 15 is 0 Å². The van der Waals surface area contributed by atoms with Crippen molar-refractivity contribution < 1.29 is 21.7 Å². The number of hydrogen-bond donors (Lipinski definition) is 1. The lowest BCUT2D eigenvalue weighted by atomic mass is 10.2. The Hall–Kier alpha value is -0.733. The molecule has 102 valence electrons. The van der Waals surface area contributed by atoms with Gasteiger partial charge in [0, 0.05) is 27.4 Å². The molecule has 0 aromatic heterocycles. The summed E-state index contributed by atoms with van der Waals surface area (Å²) in [7, 11) is -0.348. The van der Waals surface area contributed by atoms with Gasteiger partial charge in [-0.2, -0.15) is 0 Å². The standard InChI is InChI=1S/C11H18O5SSi/c1-14-18(15-2,16-3)9-8-10-4-6-11(7-5-10)17(12)13/h4-7,17H,8-9H2,1-3H3. The van der Waals surface area contributed by atoms with Gasteiger partial charge in [-0.1, -0.05) is 12.1 Å². The first-order chi connectivity index (χ1) is 8.56. The number of hydrogen-bond acceptors (Lipinski definition) is 5. The molecule has 0 amide bonds. The van der Waals surface area contributed by atoms with Gasteiger partial charge in [-0.15, -0.1) is 0 Å². The highest BCUT2D eigenvalue weighted by molar-refractivity contribution is 7.72. The molecule has 18 heavy (non-hydrogen) atoms. The van der Waals surface area contributed by atoms with Crippen LogP contribution in [0.5, 0.6) is 0 Å². The number of rotatable bonds is 7. The fourth-order valence-corrected chi connectivity index (χ4v) is 3.74. The average molecular weight is 290 g/mol. The van der Waals surface area contributed by atoms with Crippen LogP contribution >= 0.6 is 0 Å². The topological polar surface area (TPSA) is 61.8 Å². The molecule has 1 aromatic rings. The van der Waals surface area contributed by atoms with E-state index in [1.807, 2.05) is 0 Å². The van der Waals surface area contributed by atoms with E-state index in [0.29, 0.717) is 10.9 Å². The monoisotopic (exact) mass is 290 g/mol. The summed E-state index contributed by atoms with van der Waals surface area (Å²) in [4.78, 5) is 0.322. The van der Waals surface area contributed by atoms with Gasteiger partial charge in [0.1, 0.15) is 0 Å². The van der Waals surface area contributed by atoms with Crippen LogP contribution in [-0.2, 0) is 30.4 Å². The van der Waals surface area contributed by atoms with Crippen molar-refractivity contribution >= 4 is 19.5 Å². The Morgan fingerprint density at radius 1 is 1.00 bits per heavy atom. The quantitative estimate of drug-likeness (QED) is 0.601. The van der Waals surface area contributed by atoms with Crippen LogP contribution in [0.4, 0.5) is 0 Å². The highest BCUT2D eigenvalue weighted by atomic mass is 32.2. The summed E-state index contributed by atoms with van der Waals surface area (Å²) >= 11 is 0. The van der Waals surface area contributed by atoms with E-state index in [2.05, 4.69) is 0 Å². The molecule has 0 aliphatic heterocycles. The average Bonchev–Trinajstić information content (AvgIpc) is 2.41. The van der Waals surface area contributed by atoms with Gasteiger partial charge < -0.3 is 13.3 Å². The van der Waals surface area contributed by atoms with Crippen molar-refractivity contribution in [3.63, 3.8) is 0 Å². The van der Waals surface area contributed by atoms with E-state index in [9.17, 15) is 8.42 Å². The van der Waals surface area contributed by atoms with Crippen molar-refractivity contribution in [3.8, 4) is 0 Å². The van der Waals surface area contributed by atoms with Crippen molar-refractivity contribution in [1.29, 1.82) is 0 Å². The number of benzene rings is 1. The summed E-state index contributed by atoms with van der Waals surface area (Å²) in [6, 6.07) is 7.42. The van der Waals surface area contributed by atoms with Crippen LogP contribution in [0, 0.1) is 0 Å². The minimum Gasteiger partial charge on any atom is -0.377 e. The molecule has 0 N–H and O–H groups in total. The first kappa shape index (κ1) is 15.3. The minimum absolute atomic E-state index is 0.322. The molecule has 1 rings (SSSR count). The van der Waals surface area contributed by atoms with Gasteiger partial charge in [0.15, 0.2) is 10.7 Å². The summed E-state index contributed by atoms with van der Waals surface area (Å²) in [6.45, 7) is 0. The largest absolute Gasteiger partial charge is 0.500 e. The smallest absolute Gasteiger partial charge is 0.377 e. The molecule has 0 saturated carbocycles. The molecule has 0 unspecified atom stereocenters. The molecular formula is C11H18O5SSi. The second-order valence-corrected chi connectivity index (χ2v) is 7.84. The lowest BCUT2D eigenvalue weighted by molar-refractivity contribution is 0.123. The van der Waals surface area contributed by atoms with Gasteiger partial charge in [0.2, 0.25) is 0 Å². The molecule has 0 atom stereocenters. The third-order valence-corrected chi connectivity index (χ3v) is 6.25. The van der Waals surface area contributed by atoms with Crippen molar-refractivity contribution in [2.45, 2.75) is 17.4 Å². The lowest BCUT2D eigenvalue weighted by Gasteiger charge is -2.24. The van der Waals surface area contributed by atoms with E-state index in [0.717, 1.165) is 12.0 Å². The Bertz CT molecular complexity index is 423. The van der Waals surface area contributed by atoms with E-state index in [1.54, 1.807) is 45.6 Å². The second kappa shape index (κ2) is 7.00. The second-order valence-electron chi connectivity index (χ2n) is 3.72. The molecule has 0 spiro atoms. The first-order valence-corrected chi connectivity index (χ1v) is 8.56. The third kappa shape index (κ3) is 3.89. The van der Waals surface area contributed by atoms with Gasteiger partial charge in [-0.3, -0.25) is 0 Å². The van der Waals surface area contributed by atoms with E-state index in [1.165, 1.54) is 0 Å². The molecule has 7 heteroatoms. The van der Waals surface area contributed by atoms with E-state index in [-0.39, 0.29) is 0 Å². The fraction of sp³-hybridized carbons (Fsp3) is 0.455. The fourth-order valence-electron chi connectivity index (χ4n) is 1.64. The van der Waals surface area contributed by atoms with Crippen LogP contribution in [0.3, 0.4) is 0 Å². The van der Waals surface area contributed by atoms with Crippen LogP contribution in [0.2, 0.25) is 6.04 Å². The van der Waals surface area contributed by atoms with Gasteiger partial charge in [0.05, 0.1) is 4.90 Å². The van der Waals surface area contributed by atoms with Gasteiger partial charge in [-0.25, -0.2) is 8.42 Å². The molecule has 0 radical (unpaired) electrons. The highest BCUT2D eigenvalue weighted by Gasteiger charge is 2.36. The van der Waals surface area contributed by atoms with Crippen LogP contribution in [-0.4, -0.2) is 38.6 Å². The Morgan fingerprint density at radius 3 is 1.89 bits per heavy atom. The third-order valence-electron chi connectivity index (χ3n) is 2.80. The molecule has 0 aliphatic carbocycles. The first-order valence-electron chi connectivity index (χ1n) is 5.45. The summed E-state index contributed by atoms with van der Waals surface area (Å²) in [5, 5.41) is 0. The normalized spacial score (nSPS) is 12.0. The Morgan fingerprint density at radius 2 is 1.50 bits per heavy atom. The van der Waals surface area contributed by atoms with Crippen LogP contribution < -0.4 is 0 Å². The predicted octanol–water partition coefficient (Wildman–Crippen LogP) is 1.08. The number of thiol groups is 1. The molecule has 0 heterocycles. The maximum atomic E-state index is 10.8. The molecule has 0 aliphatic rings. The van der Waals surface area contributed by atoms with E-state index < -0.39 is 19.5 Å². The highest BCUT2D eigenvalue weighted by Crippen LogP contribution is 2.17. The Kier molecular flexibility index (Phi) is 5.96. The van der Waals surface area contributed by atoms with Gasteiger partial charge in [0.25, 0.3) is 0 Å². The SMILES string of the molecule is CO[Si](CCc1ccc([SH](=O)=O)cc1)(OC)OC. The van der Waals surface area contributed by atoms with Crippen molar-refractivity contribution in [2.24, 2.45) is 0 Å². The zero-order valence-electron chi connectivity index (χ0n) is 10.7. The molecule has 5 nitrogen and oxygen atoms in total. The summed E-state index contributed by atoms with van der Waals surface area (Å²) in [5.41, 5.74) is 1.03. The summed E-state index contributed by atoms with van der Waals surface area (Å²) in [5.74, 6) is 0. The molecular weight excluding hydrogens is 272 g/mol. The summed E-state index contributed by atoms with van der Waals surface area (Å²) in [6.07, 6.45) is 0.720. The maximum Gasteiger partial charge on any atom is 0.500 e. The molecule has 0 fully saturated rings. The number of aryl methyl sites for hydroxylation is 1. The predicted molar refractivity (Wildman–Crippen MR) is 70.3 cm³/mol. The Balaban J connectivity index is 2.68. The zero-order chi connectivity index (χ0) is 13.6. The van der Waals surface area contributed by atoms with E-state index in [4.69, 9.17) is 13.3 Å². The molecule has 1 aromatic carbocycles. The van der Waals surface area contributed by atoms with Crippen molar-refractivity contribution in [1.82, 2.24) is 0 Å². The minimum atomic E-state index is -2.56. The Labute approximate surface area is 110 Å². The van der Waals surface area contributed by atoms with Crippen LogP contribution in [0.1, 0.15) is 5.56 Å². The van der Waals surface area contributed by atoms with Crippen LogP contribution in [0.25, 0.3) is 0 Å². The van der Waals surface area contributed by atoms with Gasteiger partial charge in [-0.05, 0) is 24.1 Å². The van der Waals surface area contributed by atoms with Crippen molar-refractivity contribution in [2.75, 3.05) is 21.3 Å². The molecule has 0 bridgehead atoms. The maximum absolute atomic E-state index is 10.8. The zero-order valence-corrected chi connectivity index (χ0v) is 12.6. The van der Waals surface area contributed by atoms with Crippen molar-refractivity contribution in [3.05, 3.63) is 29.8 Å². The van der Waals surface area contributed by atoms with Gasteiger partial charge >= 0.3 is 8.80 Å².